The summed E-state index contributed by atoms with van der Waals surface area (Å²) in [5.74, 6) is 0.454. The van der Waals surface area contributed by atoms with Gasteiger partial charge in [-0.05, 0) is 33.6 Å². The lowest BCUT2D eigenvalue weighted by Gasteiger charge is -1.96. The van der Waals surface area contributed by atoms with Crippen molar-refractivity contribution in [3.05, 3.63) is 34.9 Å². The molecule has 0 amide bonds. The second-order valence-electron chi connectivity index (χ2n) is 4.41. The van der Waals surface area contributed by atoms with Crippen molar-refractivity contribution < 1.29 is 4.79 Å². The largest absolute Gasteiger partial charge is 0.300 e. The smallest absolute Gasteiger partial charge is 0.132 e. The Balaban J connectivity index is 0.000000162. The first-order valence-corrected chi connectivity index (χ1v) is 5.64. The van der Waals surface area contributed by atoms with Crippen molar-refractivity contribution in [2.45, 2.75) is 46.5 Å². The summed E-state index contributed by atoms with van der Waals surface area (Å²) in [5.41, 5.74) is 4.06. The van der Waals surface area contributed by atoms with Crippen molar-refractivity contribution in [3.63, 3.8) is 0 Å². The number of ketones is 1. The zero-order valence-corrected chi connectivity index (χ0v) is 9.97. The maximum Gasteiger partial charge on any atom is 0.132 e. The Kier molecular flexibility index (Phi) is 4.54. The van der Waals surface area contributed by atoms with E-state index in [0.717, 1.165) is 25.7 Å². The van der Waals surface area contributed by atoms with Crippen LogP contribution in [0.2, 0.25) is 0 Å². The second-order valence-corrected chi connectivity index (χ2v) is 4.41. The summed E-state index contributed by atoms with van der Waals surface area (Å²) in [6.45, 7) is 6.38. The van der Waals surface area contributed by atoms with Gasteiger partial charge in [0.2, 0.25) is 0 Å². The number of Topliss-reactive ketones (excluding diaryl/α,β-unsaturated/α-hetero) is 1. The van der Waals surface area contributed by atoms with Crippen molar-refractivity contribution in [2.75, 3.05) is 0 Å². The first kappa shape index (κ1) is 12.0. The van der Waals surface area contributed by atoms with Crippen LogP contribution in [-0.2, 0) is 4.79 Å². The number of carbonyl (C=O) groups excluding carboxylic acids is 1. The maximum atomic E-state index is 10.2. The molecule has 0 aliphatic heterocycles. The van der Waals surface area contributed by atoms with E-state index in [1.165, 1.54) is 16.7 Å². The topological polar surface area (TPSA) is 17.1 Å². The molecule has 0 saturated heterocycles. The molecule has 1 aromatic rings. The Morgan fingerprint density at radius 2 is 1.13 bits per heavy atom. The lowest BCUT2D eigenvalue weighted by molar-refractivity contribution is -0.117. The van der Waals surface area contributed by atoms with E-state index in [4.69, 9.17) is 0 Å². The Morgan fingerprint density at radius 3 is 1.33 bits per heavy atom. The molecule has 2 rings (SSSR count). The van der Waals surface area contributed by atoms with Gasteiger partial charge in [0.15, 0.2) is 0 Å². The van der Waals surface area contributed by atoms with Gasteiger partial charge in [0.25, 0.3) is 0 Å². The summed E-state index contributed by atoms with van der Waals surface area (Å²) in [7, 11) is 0. The molecule has 1 fully saturated rings. The van der Waals surface area contributed by atoms with Gasteiger partial charge in [-0.1, -0.05) is 34.9 Å². The molecule has 1 aliphatic rings. The van der Waals surface area contributed by atoms with Gasteiger partial charge in [0.05, 0.1) is 0 Å². The van der Waals surface area contributed by atoms with Crippen LogP contribution in [0.5, 0.6) is 0 Å². The van der Waals surface area contributed by atoms with E-state index in [2.05, 4.69) is 39.0 Å². The molecule has 0 atom stereocenters. The fourth-order valence-corrected chi connectivity index (χ4v) is 1.97. The number of hydrogen-bond acceptors (Lipinski definition) is 1. The van der Waals surface area contributed by atoms with E-state index in [-0.39, 0.29) is 0 Å². The molecule has 0 spiro atoms. The summed E-state index contributed by atoms with van der Waals surface area (Å²) < 4.78 is 0. The van der Waals surface area contributed by atoms with Gasteiger partial charge in [0, 0.05) is 12.8 Å². The summed E-state index contributed by atoms with van der Waals surface area (Å²) in [6, 6.07) is 6.56. The molecule has 15 heavy (non-hydrogen) atoms. The molecule has 1 heteroatoms. The van der Waals surface area contributed by atoms with Gasteiger partial charge in [-0.2, -0.15) is 0 Å². The maximum absolute atomic E-state index is 10.2. The first-order chi connectivity index (χ1) is 7.08. The molecule has 0 unspecified atom stereocenters. The number of carbonyl (C=O) groups is 1. The number of hydrogen-bond donors (Lipinski definition) is 0. The SMILES string of the molecule is Cc1cc(C)cc(C)c1.O=C1CCCC1. The van der Waals surface area contributed by atoms with Gasteiger partial charge in [0.1, 0.15) is 5.78 Å². The summed E-state index contributed by atoms with van der Waals surface area (Å²) >= 11 is 0. The highest BCUT2D eigenvalue weighted by Crippen LogP contribution is 2.11. The van der Waals surface area contributed by atoms with Gasteiger partial charge in [-0.15, -0.1) is 0 Å². The van der Waals surface area contributed by atoms with Crippen LogP contribution in [0.3, 0.4) is 0 Å². The first-order valence-electron chi connectivity index (χ1n) is 5.64. The van der Waals surface area contributed by atoms with Crippen LogP contribution in [0.25, 0.3) is 0 Å². The third-order valence-electron chi connectivity index (χ3n) is 2.53. The highest BCUT2D eigenvalue weighted by Gasteiger charge is 2.07. The van der Waals surface area contributed by atoms with Crippen LogP contribution in [0.1, 0.15) is 42.4 Å². The summed E-state index contributed by atoms with van der Waals surface area (Å²) in [6.07, 6.45) is 3.97. The van der Waals surface area contributed by atoms with Crippen LogP contribution in [0.4, 0.5) is 0 Å². The zero-order valence-electron chi connectivity index (χ0n) is 9.97. The molecular formula is C14H20O. The second kappa shape index (κ2) is 5.69. The molecule has 1 saturated carbocycles. The molecule has 1 nitrogen and oxygen atoms in total. The van der Waals surface area contributed by atoms with Gasteiger partial charge in [-0.3, -0.25) is 4.79 Å². The fraction of sp³-hybridized carbons (Fsp3) is 0.500. The zero-order chi connectivity index (χ0) is 11.3. The number of aryl methyl sites for hydroxylation is 3. The van der Waals surface area contributed by atoms with Crippen LogP contribution in [-0.4, -0.2) is 5.78 Å². The third-order valence-corrected chi connectivity index (χ3v) is 2.53. The van der Waals surface area contributed by atoms with E-state index in [1.54, 1.807) is 0 Å². The van der Waals surface area contributed by atoms with Crippen molar-refractivity contribution in [3.8, 4) is 0 Å². The van der Waals surface area contributed by atoms with Crippen LogP contribution < -0.4 is 0 Å². The summed E-state index contributed by atoms with van der Waals surface area (Å²) in [5, 5.41) is 0. The fourth-order valence-electron chi connectivity index (χ4n) is 1.97. The lowest BCUT2D eigenvalue weighted by Crippen LogP contribution is -1.81. The van der Waals surface area contributed by atoms with E-state index < -0.39 is 0 Å². The molecule has 0 radical (unpaired) electrons. The van der Waals surface area contributed by atoms with Crippen LogP contribution >= 0.6 is 0 Å². The van der Waals surface area contributed by atoms with E-state index in [9.17, 15) is 4.79 Å². The minimum Gasteiger partial charge on any atom is -0.300 e. The van der Waals surface area contributed by atoms with Gasteiger partial charge >= 0.3 is 0 Å². The van der Waals surface area contributed by atoms with Crippen molar-refractivity contribution in [1.29, 1.82) is 0 Å². The average Bonchev–Trinajstić information content (AvgIpc) is 2.54. The Hall–Kier alpha value is -1.11. The van der Waals surface area contributed by atoms with Crippen LogP contribution in [0.15, 0.2) is 18.2 Å². The standard InChI is InChI=1S/C9H12.C5H8O/c1-7-4-8(2)6-9(3)5-7;6-5-3-1-2-4-5/h4-6H,1-3H3;1-4H2. The van der Waals surface area contributed by atoms with Gasteiger partial charge < -0.3 is 0 Å². The Labute approximate surface area is 92.5 Å². The highest BCUT2D eigenvalue weighted by molar-refractivity contribution is 5.80. The number of benzene rings is 1. The predicted molar refractivity (Wildman–Crippen MR) is 64.1 cm³/mol. The van der Waals surface area contributed by atoms with Crippen molar-refractivity contribution >= 4 is 5.78 Å². The third kappa shape index (κ3) is 4.78. The molecule has 0 aromatic heterocycles. The van der Waals surface area contributed by atoms with Gasteiger partial charge in [-0.25, -0.2) is 0 Å². The molecule has 0 heterocycles. The normalized spacial score (nSPS) is 14.7. The summed E-state index contributed by atoms with van der Waals surface area (Å²) in [4.78, 5) is 10.2. The minimum atomic E-state index is 0.454. The molecule has 82 valence electrons. The molecule has 1 aromatic carbocycles. The molecule has 0 N–H and O–H groups in total. The Bertz CT molecular complexity index is 281. The molecule has 1 aliphatic carbocycles. The van der Waals surface area contributed by atoms with Crippen molar-refractivity contribution in [1.82, 2.24) is 0 Å². The molecule has 0 bridgehead atoms. The molecular weight excluding hydrogens is 184 g/mol. The average molecular weight is 204 g/mol. The predicted octanol–water partition coefficient (Wildman–Crippen LogP) is 3.74. The highest BCUT2D eigenvalue weighted by atomic mass is 16.1. The van der Waals surface area contributed by atoms with Crippen molar-refractivity contribution in [2.24, 2.45) is 0 Å². The minimum absolute atomic E-state index is 0.454. The van der Waals surface area contributed by atoms with E-state index in [1.807, 2.05) is 0 Å². The quantitative estimate of drug-likeness (QED) is 0.629. The number of rotatable bonds is 0. The van der Waals surface area contributed by atoms with E-state index in [0.29, 0.717) is 5.78 Å². The van der Waals surface area contributed by atoms with Crippen LogP contribution in [0, 0.1) is 20.8 Å². The monoisotopic (exact) mass is 204 g/mol. The lowest BCUT2D eigenvalue weighted by atomic mass is 10.1. The van der Waals surface area contributed by atoms with E-state index >= 15 is 0 Å². The Morgan fingerprint density at radius 1 is 0.800 bits per heavy atom.